The van der Waals surface area contributed by atoms with Crippen molar-refractivity contribution in [1.29, 1.82) is 0 Å². The zero-order valence-electron chi connectivity index (χ0n) is 13.1. The van der Waals surface area contributed by atoms with Crippen LogP contribution in [0.3, 0.4) is 0 Å². The van der Waals surface area contributed by atoms with Gasteiger partial charge in [-0.1, -0.05) is 12.5 Å². The standard InChI is InChI=1S/C17H27N3O/c1-21-17-6-5-14(11-18)10-15(17)12-19-8-9-20-7-3-2-4-16(20)13-19/h5-6,10,16H,2-4,7-9,11-13,18H2,1H3. The lowest BCUT2D eigenvalue weighted by Gasteiger charge is -2.44. The Labute approximate surface area is 127 Å². The Hall–Kier alpha value is -1.10. The fraction of sp³-hybridized carbons (Fsp3) is 0.647. The summed E-state index contributed by atoms with van der Waals surface area (Å²) in [6, 6.07) is 7.07. The van der Waals surface area contributed by atoms with Gasteiger partial charge in [0.25, 0.3) is 0 Å². The fourth-order valence-corrected chi connectivity index (χ4v) is 3.69. The number of piperazine rings is 1. The molecule has 116 valence electrons. The lowest BCUT2D eigenvalue weighted by Crippen LogP contribution is -2.54. The van der Waals surface area contributed by atoms with Gasteiger partial charge in [-0.3, -0.25) is 9.80 Å². The van der Waals surface area contributed by atoms with Gasteiger partial charge in [0.05, 0.1) is 7.11 Å². The minimum Gasteiger partial charge on any atom is -0.496 e. The third-order valence-electron chi connectivity index (χ3n) is 4.90. The molecule has 21 heavy (non-hydrogen) atoms. The number of hydrogen-bond donors (Lipinski definition) is 1. The van der Waals surface area contributed by atoms with E-state index in [4.69, 9.17) is 10.5 Å². The third kappa shape index (κ3) is 3.39. The van der Waals surface area contributed by atoms with Gasteiger partial charge in [0.2, 0.25) is 0 Å². The van der Waals surface area contributed by atoms with E-state index in [-0.39, 0.29) is 0 Å². The van der Waals surface area contributed by atoms with E-state index in [0.717, 1.165) is 24.9 Å². The molecule has 1 atom stereocenters. The van der Waals surface area contributed by atoms with Crippen LogP contribution in [0.25, 0.3) is 0 Å². The molecule has 4 heteroatoms. The SMILES string of the molecule is COc1ccc(CN)cc1CN1CCN2CCCCC2C1. The highest BCUT2D eigenvalue weighted by atomic mass is 16.5. The van der Waals surface area contributed by atoms with Crippen LogP contribution in [0.4, 0.5) is 0 Å². The average molecular weight is 289 g/mol. The Kier molecular flexibility index (Phi) is 4.78. The molecule has 1 aromatic rings. The van der Waals surface area contributed by atoms with Gasteiger partial charge in [-0.25, -0.2) is 0 Å². The number of nitrogens with two attached hydrogens (primary N) is 1. The number of nitrogens with zero attached hydrogens (tertiary/aromatic N) is 2. The van der Waals surface area contributed by atoms with Crippen molar-refractivity contribution in [3.05, 3.63) is 29.3 Å². The van der Waals surface area contributed by atoms with Crippen LogP contribution < -0.4 is 10.5 Å². The monoisotopic (exact) mass is 289 g/mol. The van der Waals surface area contributed by atoms with Crippen LogP contribution in [0, 0.1) is 0 Å². The normalized spacial score (nSPS) is 23.8. The van der Waals surface area contributed by atoms with E-state index in [2.05, 4.69) is 21.9 Å². The smallest absolute Gasteiger partial charge is 0.123 e. The zero-order valence-corrected chi connectivity index (χ0v) is 13.1. The summed E-state index contributed by atoms with van der Waals surface area (Å²) in [4.78, 5) is 5.25. The molecule has 2 N–H and O–H groups in total. The Bertz CT molecular complexity index is 477. The summed E-state index contributed by atoms with van der Waals surface area (Å²) in [5.74, 6) is 0.985. The topological polar surface area (TPSA) is 41.7 Å². The van der Waals surface area contributed by atoms with Crippen molar-refractivity contribution >= 4 is 0 Å². The summed E-state index contributed by atoms with van der Waals surface area (Å²) in [6.07, 6.45) is 4.13. The Morgan fingerprint density at radius 1 is 1.24 bits per heavy atom. The molecule has 0 spiro atoms. The van der Waals surface area contributed by atoms with Crippen LogP contribution in [0.15, 0.2) is 18.2 Å². The highest BCUT2D eigenvalue weighted by Gasteiger charge is 2.29. The summed E-state index contributed by atoms with van der Waals surface area (Å²) in [5, 5.41) is 0. The molecule has 0 aromatic heterocycles. The van der Waals surface area contributed by atoms with Crippen LogP contribution in [0.2, 0.25) is 0 Å². The first-order valence-corrected chi connectivity index (χ1v) is 8.12. The molecule has 1 unspecified atom stereocenters. The van der Waals surface area contributed by atoms with E-state index in [1.165, 1.54) is 50.0 Å². The second-order valence-electron chi connectivity index (χ2n) is 6.27. The van der Waals surface area contributed by atoms with Gasteiger partial charge in [-0.2, -0.15) is 0 Å². The first kappa shape index (κ1) is 14.8. The molecular weight excluding hydrogens is 262 g/mol. The average Bonchev–Trinajstić information content (AvgIpc) is 2.54. The molecule has 2 heterocycles. The van der Waals surface area contributed by atoms with Crippen LogP contribution in [-0.4, -0.2) is 49.1 Å². The van der Waals surface area contributed by atoms with Gasteiger partial charge < -0.3 is 10.5 Å². The van der Waals surface area contributed by atoms with Gasteiger partial charge in [0, 0.05) is 44.3 Å². The van der Waals surface area contributed by atoms with Gasteiger partial charge in [-0.05, 0) is 37.1 Å². The number of methoxy groups -OCH3 is 1. The molecule has 4 nitrogen and oxygen atoms in total. The van der Waals surface area contributed by atoms with E-state index in [1.807, 2.05) is 6.07 Å². The summed E-state index contributed by atoms with van der Waals surface area (Å²) in [5.41, 5.74) is 8.22. The summed E-state index contributed by atoms with van der Waals surface area (Å²) in [7, 11) is 1.75. The van der Waals surface area contributed by atoms with E-state index in [0.29, 0.717) is 6.54 Å². The molecule has 2 aliphatic heterocycles. The van der Waals surface area contributed by atoms with Gasteiger partial charge in [0.1, 0.15) is 5.75 Å². The molecule has 0 radical (unpaired) electrons. The molecule has 2 fully saturated rings. The summed E-state index contributed by atoms with van der Waals surface area (Å²) in [6.45, 7) is 6.42. The highest BCUT2D eigenvalue weighted by Crippen LogP contribution is 2.25. The van der Waals surface area contributed by atoms with E-state index in [1.54, 1.807) is 7.11 Å². The van der Waals surface area contributed by atoms with Crippen molar-refractivity contribution in [2.45, 2.75) is 38.4 Å². The zero-order chi connectivity index (χ0) is 14.7. The second kappa shape index (κ2) is 6.77. The Morgan fingerprint density at radius 3 is 2.95 bits per heavy atom. The van der Waals surface area contributed by atoms with Gasteiger partial charge >= 0.3 is 0 Å². The number of rotatable bonds is 4. The Morgan fingerprint density at radius 2 is 2.14 bits per heavy atom. The molecule has 2 saturated heterocycles. The first-order valence-electron chi connectivity index (χ1n) is 8.12. The lowest BCUT2D eigenvalue weighted by molar-refractivity contribution is 0.0453. The highest BCUT2D eigenvalue weighted by molar-refractivity contribution is 5.37. The third-order valence-corrected chi connectivity index (χ3v) is 4.90. The van der Waals surface area contributed by atoms with Gasteiger partial charge in [0.15, 0.2) is 0 Å². The molecule has 3 rings (SSSR count). The maximum atomic E-state index is 5.77. The molecule has 0 aliphatic carbocycles. The van der Waals surface area contributed by atoms with Crippen molar-refractivity contribution in [1.82, 2.24) is 9.80 Å². The lowest BCUT2D eigenvalue weighted by atomic mass is 9.99. The number of hydrogen-bond acceptors (Lipinski definition) is 4. The molecular formula is C17H27N3O. The summed E-state index contributed by atoms with van der Waals surface area (Å²) < 4.78 is 5.52. The van der Waals surface area contributed by atoms with Crippen molar-refractivity contribution in [2.75, 3.05) is 33.3 Å². The number of benzene rings is 1. The van der Waals surface area contributed by atoms with Crippen molar-refractivity contribution < 1.29 is 4.74 Å². The van der Waals surface area contributed by atoms with Crippen LogP contribution in [0.5, 0.6) is 5.75 Å². The molecule has 0 saturated carbocycles. The number of ether oxygens (including phenoxy) is 1. The van der Waals surface area contributed by atoms with Gasteiger partial charge in [-0.15, -0.1) is 0 Å². The van der Waals surface area contributed by atoms with E-state index >= 15 is 0 Å². The molecule has 0 bridgehead atoms. The van der Waals surface area contributed by atoms with Crippen molar-refractivity contribution in [3.8, 4) is 5.75 Å². The quantitative estimate of drug-likeness (QED) is 0.918. The minimum atomic E-state index is 0.591. The maximum absolute atomic E-state index is 5.77. The van der Waals surface area contributed by atoms with Crippen LogP contribution in [-0.2, 0) is 13.1 Å². The largest absolute Gasteiger partial charge is 0.496 e. The summed E-state index contributed by atoms with van der Waals surface area (Å²) >= 11 is 0. The van der Waals surface area contributed by atoms with Crippen molar-refractivity contribution in [3.63, 3.8) is 0 Å². The predicted octanol–water partition coefficient (Wildman–Crippen LogP) is 1.82. The number of fused-ring (bicyclic) bond motifs is 1. The minimum absolute atomic E-state index is 0.591. The van der Waals surface area contributed by atoms with Crippen LogP contribution >= 0.6 is 0 Å². The maximum Gasteiger partial charge on any atom is 0.123 e. The van der Waals surface area contributed by atoms with Crippen LogP contribution in [0.1, 0.15) is 30.4 Å². The molecule has 0 amide bonds. The number of piperidine rings is 1. The van der Waals surface area contributed by atoms with E-state index < -0.39 is 0 Å². The van der Waals surface area contributed by atoms with E-state index in [9.17, 15) is 0 Å². The Balaban J connectivity index is 1.68. The van der Waals surface area contributed by atoms with Crippen molar-refractivity contribution in [2.24, 2.45) is 5.73 Å². The molecule has 2 aliphatic rings. The second-order valence-corrected chi connectivity index (χ2v) is 6.27. The molecule has 1 aromatic carbocycles. The predicted molar refractivity (Wildman–Crippen MR) is 85.4 cm³/mol. The first-order chi connectivity index (χ1) is 10.3. The fourth-order valence-electron chi connectivity index (χ4n) is 3.69.